The highest BCUT2D eigenvalue weighted by Gasteiger charge is 2.33. The third kappa shape index (κ3) is 2.49. The van der Waals surface area contributed by atoms with Gasteiger partial charge in [-0.2, -0.15) is 0 Å². The Bertz CT molecular complexity index is 730. The predicted octanol–water partition coefficient (Wildman–Crippen LogP) is 2.15. The van der Waals surface area contributed by atoms with Crippen LogP contribution < -0.4 is 9.64 Å². The summed E-state index contributed by atoms with van der Waals surface area (Å²) in [5.41, 5.74) is 11.2. The molecule has 0 radical (unpaired) electrons. The van der Waals surface area contributed by atoms with Gasteiger partial charge in [0.2, 0.25) is 5.88 Å². The molecule has 2 aromatic rings. The van der Waals surface area contributed by atoms with Crippen molar-refractivity contribution < 1.29 is 9.47 Å². The second-order valence-corrected chi connectivity index (χ2v) is 5.00. The monoisotopic (exact) mass is 300 g/mol. The molecule has 1 aliphatic heterocycles. The lowest BCUT2D eigenvalue weighted by Gasteiger charge is -2.19. The number of aromatic nitrogens is 2. The molecule has 3 heterocycles. The van der Waals surface area contributed by atoms with Gasteiger partial charge < -0.3 is 14.4 Å². The third-order valence-corrected chi connectivity index (χ3v) is 3.83. The Labute approximate surface area is 127 Å². The molecule has 0 bridgehead atoms. The summed E-state index contributed by atoms with van der Waals surface area (Å²) in [5.74, 6) is 0.538. The second kappa shape index (κ2) is 6.05. The van der Waals surface area contributed by atoms with E-state index in [2.05, 4.69) is 24.9 Å². The topological polar surface area (TPSA) is 96.2 Å². The molecular formula is C14H16N6O2. The molecule has 8 nitrogen and oxygen atoms in total. The Balaban J connectivity index is 2.01. The van der Waals surface area contributed by atoms with Gasteiger partial charge in [-0.05, 0) is 17.7 Å². The van der Waals surface area contributed by atoms with Crippen LogP contribution in [0.4, 0.5) is 5.69 Å². The highest BCUT2D eigenvalue weighted by Crippen LogP contribution is 2.29. The van der Waals surface area contributed by atoms with E-state index in [1.165, 1.54) is 0 Å². The van der Waals surface area contributed by atoms with Crippen LogP contribution in [0.25, 0.3) is 21.5 Å². The van der Waals surface area contributed by atoms with Crippen LogP contribution >= 0.6 is 0 Å². The number of fused-ring (bicyclic) bond motifs is 1. The van der Waals surface area contributed by atoms with Crippen molar-refractivity contribution in [2.45, 2.75) is 12.1 Å². The first-order valence-corrected chi connectivity index (χ1v) is 6.88. The molecule has 3 rings (SSSR count). The number of anilines is 1. The lowest BCUT2D eigenvalue weighted by atomic mass is 10.2. The van der Waals surface area contributed by atoms with E-state index in [0.29, 0.717) is 19.0 Å². The Kier molecular flexibility index (Phi) is 3.95. The van der Waals surface area contributed by atoms with Gasteiger partial charge in [-0.25, -0.2) is 4.98 Å². The maximum Gasteiger partial charge on any atom is 0.213 e. The summed E-state index contributed by atoms with van der Waals surface area (Å²) in [6.07, 6.45) is 1.61. The lowest BCUT2D eigenvalue weighted by Crippen LogP contribution is -2.23. The Morgan fingerprint density at radius 2 is 2.18 bits per heavy atom. The first-order valence-electron chi connectivity index (χ1n) is 6.88. The number of ether oxygens (including phenoxy) is 2. The zero-order chi connectivity index (χ0) is 15.5. The van der Waals surface area contributed by atoms with Gasteiger partial charge in [-0.3, -0.25) is 4.98 Å². The van der Waals surface area contributed by atoms with Gasteiger partial charge in [0.05, 0.1) is 30.5 Å². The average molecular weight is 300 g/mol. The first-order chi connectivity index (χ1) is 10.8. The standard InChI is InChI=1S/C14H16N6O2/c1-21-12-8-20(7-10(12)18-19-15)11-5-6-16-9-3-4-13(22-2)17-14(9)11/h3-6,10,12H,7-8H2,1-2H3. The van der Waals surface area contributed by atoms with Crippen molar-refractivity contribution in [1.29, 1.82) is 0 Å². The lowest BCUT2D eigenvalue weighted by molar-refractivity contribution is 0.108. The normalized spacial score (nSPS) is 20.9. The number of methoxy groups -OCH3 is 2. The van der Waals surface area contributed by atoms with Crippen LogP contribution in [0.5, 0.6) is 5.88 Å². The molecule has 8 heteroatoms. The van der Waals surface area contributed by atoms with Crippen molar-refractivity contribution in [2.75, 3.05) is 32.2 Å². The highest BCUT2D eigenvalue weighted by molar-refractivity contribution is 5.88. The predicted molar refractivity (Wildman–Crippen MR) is 82.0 cm³/mol. The molecule has 0 aromatic carbocycles. The number of hydrogen-bond donors (Lipinski definition) is 0. The van der Waals surface area contributed by atoms with Crippen molar-refractivity contribution in [3.63, 3.8) is 0 Å². The largest absolute Gasteiger partial charge is 0.481 e. The van der Waals surface area contributed by atoms with E-state index in [1.807, 2.05) is 12.1 Å². The van der Waals surface area contributed by atoms with Crippen LogP contribution in [0.1, 0.15) is 0 Å². The summed E-state index contributed by atoms with van der Waals surface area (Å²) in [5, 5.41) is 3.82. The van der Waals surface area contributed by atoms with Crippen LogP contribution in [0.3, 0.4) is 0 Å². The summed E-state index contributed by atoms with van der Waals surface area (Å²) in [4.78, 5) is 13.8. The van der Waals surface area contributed by atoms with Gasteiger partial charge in [0.25, 0.3) is 0 Å². The van der Waals surface area contributed by atoms with Gasteiger partial charge in [0.1, 0.15) is 5.52 Å². The molecule has 2 atom stereocenters. The highest BCUT2D eigenvalue weighted by atomic mass is 16.5. The van der Waals surface area contributed by atoms with Gasteiger partial charge in [-0.15, -0.1) is 0 Å². The molecule has 22 heavy (non-hydrogen) atoms. The summed E-state index contributed by atoms with van der Waals surface area (Å²) >= 11 is 0. The SMILES string of the molecule is COc1ccc2nccc(N3CC(N=[N+]=[N-])C(OC)C3)c2n1. The summed E-state index contributed by atoms with van der Waals surface area (Å²) in [6, 6.07) is 5.34. The number of pyridine rings is 2. The molecule has 1 aliphatic rings. The molecule has 0 saturated carbocycles. The average Bonchev–Trinajstić information content (AvgIpc) is 2.97. The van der Waals surface area contributed by atoms with Gasteiger partial charge in [0, 0.05) is 37.4 Å². The van der Waals surface area contributed by atoms with E-state index in [9.17, 15) is 0 Å². The first kappa shape index (κ1) is 14.4. The van der Waals surface area contributed by atoms with Crippen LogP contribution in [0.2, 0.25) is 0 Å². The van der Waals surface area contributed by atoms with E-state index in [0.717, 1.165) is 16.7 Å². The number of rotatable bonds is 4. The molecule has 0 amide bonds. The minimum Gasteiger partial charge on any atom is -0.481 e. The van der Waals surface area contributed by atoms with Crippen LogP contribution in [0.15, 0.2) is 29.5 Å². The smallest absolute Gasteiger partial charge is 0.213 e. The Morgan fingerprint density at radius 3 is 2.91 bits per heavy atom. The Morgan fingerprint density at radius 1 is 1.32 bits per heavy atom. The van der Waals surface area contributed by atoms with Crippen LogP contribution in [-0.2, 0) is 4.74 Å². The molecule has 114 valence electrons. The minimum atomic E-state index is -0.219. The fraction of sp³-hybridized carbons (Fsp3) is 0.429. The molecular weight excluding hydrogens is 284 g/mol. The maximum atomic E-state index is 8.68. The number of azide groups is 1. The Hall–Kier alpha value is -2.57. The van der Waals surface area contributed by atoms with Crippen LogP contribution in [-0.4, -0.2) is 49.4 Å². The van der Waals surface area contributed by atoms with Crippen LogP contribution in [0, 0.1) is 0 Å². The quantitative estimate of drug-likeness (QED) is 0.489. The molecule has 0 spiro atoms. The molecule has 0 N–H and O–H groups in total. The van der Waals surface area contributed by atoms with Gasteiger partial charge in [-0.1, -0.05) is 5.11 Å². The molecule has 0 aliphatic carbocycles. The zero-order valence-electron chi connectivity index (χ0n) is 12.4. The summed E-state index contributed by atoms with van der Waals surface area (Å²) in [7, 11) is 3.21. The third-order valence-electron chi connectivity index (χ3n) is 3.83. The molecule has 1 fully saturated rings. The van der Waals surface area contributed by atoms with Crippen molar-refractivity contribution in [3.05, 3.63) is 34.8 Å². The fourth-order valence-electron chi connectivity index (χ4n) is 2.72. The van der Waals surface area contributed by atoms with E-state index in [-0.39, 0.29) is 12.1 Å². The number of nitrogens with zero attached hydrogens (tertiary/aromatic N) is 6. The van der Waals surface area contributed by atoms with Crippen molar-refractivity contribution in [1.82, 2.24) is 9.97 Å². The van der Waals surface area contributed by atoms with Crippen molar-refractivity contribution in [2.24, 2.45) is 5.11 Å². The molecule has 1 saturated heterocycles. The molecule has 2 unspecified atom stereocenters. The fourth-order valence-corrected chi connectivity index (χ4v) is 2.72. The zero-order valence-corrected chi connectivity index (χ0v) is 12.4. The molecule has 2 aromatic heterocycles. The van der Waals surface area contributed by atoms with E-state index in [1.54, 1.807) is 26.5 Å². The maximum absolute atomic E-state index is 8.68. The van der Waals surface area contributed by atoms with E-state index < -0.39 is 0 Å². The van der Waals surface area contributed by atoms with E-state index in [4.69, 9.17) is 15.0 Å². The minimum absolute atomic E-state index is 0.135. The van der Waals surface area contributed by atoms with E-state index >= 15 is 0 Å². The second-order valence-electron chi connectivity index (χ2n) is 5.00. The summed E-state index contributed by atoms with van der Waals surface area (Å²) < 4.78 is 10.6. The number of hydrogen-bond acceptors (Lipinski definition) is 6. The van der Waals surface area contributed by atoms with Gasteiger partial charge >= 0.3 is 0 Å². The van der Waals surface area contributed by atoms with Gasteiger partial charge in [0.15, 0.2) is 0 Å². The summed E-state index contributed by atoms with van der Waals surface area (Å²) in [6.45, 7) is 1.22. The van der Waals surface area contributed by atoms with Crippen molar-refractivity contribution in [3.8, 4) is 5.88 Å². The van der Waals surface area contributed by atoms with Crippen molar-refractivity contribution >= 4 is 16.7 Å².